The summed E-state index contributed by atoms with van der Waals surface area (Å²) < 4.78 is 0. The highest BCUT2D eigenvalue weighted by Gasteiger charge is 2.16. The molecule has 1 atom stereocenters. The Morgan fingerprint density at radius 2 is 2.20 bits per heavy atom. The highest BCUT2D eigenvalue weighted by Crippen LogP contribution is 2.12. The number of aromatic amines is 1. The summed E-state index contributed by atoms with van der Waals surface area (Å²) in [7, 11) is 0. The summed E-state index contributed by atoms with van der Waals surface area (Å²) in [6, 6.07) is 2.02. The lowest BCUT2D eigenvalue weighted by Gasteiger charge is -2.12. The van der Waals surface area contributed by atoms with Crippen LogP contribution in [0.15, 0.2) is 24.7 Å². The monoisotopic (exact) mass is 276 g/mol. The fourth-order valence-electron chi connectivity index (χ4n) is 1.52. The SMILES string of the molecule is CC(NC(=O)Nc1cccnc1C(=O)O)c1ncn[nH]1. The van der Waals surface area contributed by atoms with Gasteiger partial charge in [0.2, 0.25) is 0 Å². The summed E-state index contributed by atoms with van der Waals surface area (Å²) >= 11 is 0. The number of urea groups is 1. The third kappa shape index (κ3) is 3.07. The van der Waals surface area contributed by atoms with Crippen LogP contribution in [0.2, 0.25) is 0 Å². The van der Waals surface area contributed by atoms with Crippen molar-refractivity contribution in [1.82, 2.24) is 25.5 Å². The van der Waals surface area contributed by atoms with E-state index in [-0.39, 0.29) is 11.4 Å². The average molecular weight is 276 g/mol. The number of carboxylic acid groups (broad SMARTS) is 1. The molecule has 2 heterocycles. The minimum absolute atomic E-state index is 0.113. The van der Waals surface area contributed by atoms with Gasteiger partial charge in [-0.1, -0.05) is 0 Å². The first kappa shape index (κ1) is 13.5. The molecule has 2 aromatic heterocycles. The van der Waals surface area contributed by atoms with E-state index >= 15 is 0 Å². The van der Waals surface area contributed by atoms with Crippen LogP contribution in [0.3, 0.4) is 0 Å². The molecule has 20 heavy (non-hydrogen) atoms. The summed E-state index contributed by atoms with van der Waals surface area (Å²) in [4.78, 5) is 30.3. The number of nitrogens with zero attached hydrogens (tertiary/aromatic N) is 3. The number of nitrogens with one attached hydrogen (secondary N) is 3. The Bertz CT molecular complexity index is 612. The van der Waals surface area contributed by atoms with Crippen molar-refractivity contribution < 1.29 is 14.7 Å². The molecule has 2 rings (SSSR count). The van der Waals surface area contributed by atoms with Crippen molar-refractivity contribution in [3.63, 3.8) is 0 Å². The molecule has 0 saturated carbocycles. The van der Waals surface area contributed by atoms with E-state index in [1.807, 2.05) is 0 Å². The Kier molecular flexibility index (Phi) is 3.89. The van der Waals surface area contributed by atoms with Crippen LogP contribution in [-0.4, -0.2) is 37.3 Å². The number of aromatic carboxylic acids is 1. The molecule has 0 aliphatic heterocycles. The van der Waals surface area contributed by atoms with Gasteiger partial charge in [-0.15, -0.1) is 0 Å². The second-order valence-corrected chi connectivity index (χ2v) is 3.90. The van der Waals surface area contributed by atoms with Gasteiger partial charge < -0.3 is 15.7 Å². The summed E-state index contributed by atoms with van der Waals surface area (Å²) in [5.41, 5.74) is -0.114. The summed E-state index contributed by atoms with van der Waals surface area (Å²) in [5.74, 6) is -0.728. The van der Waals surface area contributed by atoms with Gasteiger partial charge in [0.15, 0.2) is 5.69 Å². The van der Waals surface area contributed by atoms with E-state index in [1.54, 1.807) is 6.92 Å². The van der Waals surface area contributed by atoms with Crippen LogP contribution >= 0.6 is 0 Å². The number of rotatable bonds is 4. The first-order chi connectivity index (χ1) is 9.58. The molecule has 4 N–H and O–H groups in total. The van der Waals surface area contributed by atoms with Crippen LogP contribution in [0, 0.1) is 0 Å². The molecule has 0 saturated heterocycles. The van der Waals surface area contributed by atoms with Gasteiger partial charge in [0.25, 0.3) is 0 Å². The van der Waals surface area contributed by atoms with Crippen molar-refractivity contribution in [2.24, 2.45) is 0 Å². The molecule has 0 spiro atoms. The Balaban J connectivity index is 2.03. The molecule has 0 radical (unpaired) electrons. The molecular weight excluding hydrogens is 264 g/mol. The molecule has 9 nitrogen and oxygen atoms in total. The molecule has 104 valence electrons. The molecule has 9 heteroatoms. The molecule has 0 aliphatic rings. The van der Waals surface area contributed by atoms with E-state index < -0.39 is 18.0 Å². The second kappa shape index (κ2) is 5.78. The van der Waals surface area contributed by atoms with Gasteiger partial charge in [-0.25, -0.2) is 19.6 Å². The number of carbonyl (C=O) groups excluding carboxylic acids is 1. The number of anilines is 1. The van der Waals surface area contributed by atoms with Crippen molar-refractivity contribution in [3.8, 4) is 0 Å². The van der Waals surface area contributed by atoms with Gasteiger partial charge in [-0.2, -0.15) is 5.10 Å². The molecule has 0 bridgehead atoms. The molecule has 0 aliphatic carbocycles. The van der Waals surface area contributed by atoms with Gasteiger partial charge in [0.05, 0.1) is 11.7 Å². The number of amides is 2. The van der Waals surface area contributed by atoms with E-state index in [4.69, 9.17) is 5.11 Å². The molecule has 2 amide bonds. The largest absolute Gasteiger partial charge is 0.476 e. The Morgan fingerprint density at radius 3 is 2.85 bits per heavy atom. The van der Waals surface area contributed by atoms with Gasteiger partial charge in [0, 0.05) is 6.20 Å². The lowest BCUT2D eigenvalue weighted by atomic mass is 10.3. The predicted octanol–water partition coefficient (Wildman–Crippen LogP) is 0.781. The molecular formula is C11H12N6O3. The zero-order valence-corrected chi connectivity index (χ0v) is 10.5. The number of pyridine rings is 1. The lowest BCUT2D eigenvalue weighted by Crippen LogP contribution is -2.32. The minimum Gasteiger partial charge on any atom is -0.476 e. The van der Waals surface area contributed by atoms with Gasteiger partial charge in [-0.05, 0) is 19.1 Å². The van der Waals surface area contributed by atoms with E-state index in [0.29, 0.717) is 5.82 Å². The zero-order chi connectivity index (χ0) is 14.5. The number of carboxylic acids is 1. The molecule has 1 unspecified atom stereocenters. The van der Waals surface area contributed by atoms with Crippen LogP contribution in [0.5, 0.6) is 0 Å². The van der Waals surface area contributed by atoms with Crippen LogP contribution in [-0.2, 0) is 0 Å². The number of hydrogen-bond donors (Lipinski definition) is 4. The summed E-state index contributed by atoms with van der Waals surface area (Å²) in [6.45, 7) is 1.71. The number of carbonyl (C=O) groups is 2. The van der Waals surface area contributed by atoms with E-state index in [2.05, 4.69) is 30.8 Å². The van der Waals surface area contributed by atoms with Crippen molar-refractivity contribution >= 4 is 17.7 Å². The fraction of sp³-hybridized carbons (Fsp3) is 0.182. The van der Waals surface area contributed by atoms with Crippen LogP contribution in [0.4, 0.5) is 10.5 Å². The van der Waals surface area contributed by atoms with E-state index in [9.17, 15) is 9.59 Å². The zero-order valence-electron chi connectivity index (χ0n) is 10.5. The minimum atomic E-state index is -1.22. The first-order valence-electron chi connectivity index (χ1n) is 5.69. The number of aromatic nitrogens is 4. The Labute approximate surface area is 113 Å². The quantitative estimate of drug-likeness (QED) is 0.652. The Morgan fingerprint density at radius 1 is 1.40 bits per heavy atom. The topological polar surface area (TPSA) is 133 Å². The van der Waals surface area contributed by atoms with Crippen molar-refractivity contribution in [3.05, 3.63) is 36.2 Å². The highest BCUT2D eigenvalue weighted by atomic mass is 16.4. The maximum Gasteiger partial charge on any atom is 0.356 e. The van der Waals surface area contributed by atoms with Crippen LogP contribution < -0.4 is 10.6 Å². The highest BCUT2D eigenvalue weighted by molar-refractivity contribution is 5.98. The van der Waals surface area contributed by atoms with Gasteiger partial charge in [0.1, 0.15) is 12.2 Å². The van der Waals surface area contributed by atoms with Crippen molar-refractivity contribution in [2.45, 2.75) is 13.0 Å². The van der Waals surface area contributed by atoms with Gasteiger partial charge in [-0.3, -0.25) is 5.10 Å². The first-order valence-corrected chi connectivity index (χ1v) is 5.69. The van der Waals surface area contributed by atoms with Crippen LogP contribution in [0.25, 0.3) is 0 Å². The standard InChI is InChI=1S/C11H12N6O3/c1-6(9-13-5-14-17-9)15-11(20)16-7-3-2-4-12-8(7)10(18)19/h2-6H,1H3,(H,18,19)(H,13,14,17)(H2,15,16,20). The third-order valence-electron chi connectivity index (χ3n) is 2.45. The van der Waals surface area contributed by atoms with E-state index in [0.717, 1.165) is 0 Å². The summed E-state index contributed by atoms with van der Waals surface area (Å²) in [6.07, 6.45) is 2.67. The third-order valence-corrected chi connectivity index (χ3v) is 2.45. The maximum absolute atomic E-state index is 11.8. The fourth-order valence-corrected chi connectivity index (χ4v) is 1.52. The predicted molar refractivity (Wildman–Crippen MR) is 68.1 cm³/mol. The average Bonchev–Trinajstić information content (AvgIpc) is 2.92. The molecule has 0 aromatic carbocycles. The maximum atomic E-state index is 11.8. The molecule has 0 fully saturated rings. The smallest absolute Gasteiger partial charge is 0.356 e. The molecule has 2 aromatic rings. The lowest BCUT2D eigenvalue weighted by molar-refractivity contribution is 0.0692. The normalized spacial score (nSPS) is 11.7. The van der Waals surface area contributed by atoms with Gasteiger partial charge >= 0.3 is 12.0 Å². The Hall–Kier alpha value is -2.97. The number of H-pyrrole nitrogens is 1. The number of hydrogen-bond acceptors (Lipinski definition) is 5. The van der Waals surface area contributed by atoms with E-state index in [1.165, 1.54) is 24.7 Å². The van der Waals surface area contributed by atoms with Crippen molar-refractivity contribution in [2.75, 3.05) is 5.32 Å². The van der Waals surface area contributed by atoms with Crippen LogP contribution in [0.1, 0.15) is 29.3 Å². The second-order valence-electron chi connectivity index (χ2n) is 3.90. The van der Waals surface area contributed by atoms with Crippen molar-refractivity contribution in [1.29, 1.82) is 0 Å². The summed E-state index contributed by atoms with van der Waals surface area (Å²) in [5, 5.41) is 20.3.